The third-order valence-electron chi connectivity index (χ3n) is 1.93. The summed E-state index contributed by atoms with van der Waals surface area (Å²) in [4.78, 5) is 0. The Labute approximate surface area is 73.0 Å². The van der Waals surface area contributed by atoms with Gasteiger partial charge in [-0.2, -0.15) is 5.26 Å². The molecular weight excluding hydrogens is 146 g/mol. The Bertz CT molecular complexity index is 333. The van der Waals surface area contributed by atoms with Crippen LogP contribution in [0.4, 0.5) is 0 Å². The fraction of sp³-hybridized carbons (Fsp3) is 0.182. The smallest absolute Gasteiger partial charge is 0.0991 e. The molecule has 0 aliphatic heterocycles. The lowest BCUT2D eigenvalue weighted by molar-refractivity contribution is 1.33. The van der Waals surface area contributed by atoms with E-state index < -0.39 is 0 Å². The molecule has 1 aromatic carbocycles. The number of aryl methyl sites for hydroxylation is 2. The zero-order valence-corrected chi connectivity index (χ0v) is 7.39. The molecule has 0 atom stereocenters. The zero-order valence-electron chi connectivity index (χ0n) is 7.39. The second-order valence-electron chi connectivity index (χ2n) is 2.84. The molecule has 12 heavy (non-hydrogen) atoms. The minimum atomic E-state index is 0.718. The van der Waals surface area contributed by atoms with Gasteiger partial charge in [0.1, 0.15) is 0 Å². The summed E-state index contributed by atoms with van der Waals surface area (Å²) in [5.41, 5.74) is 4.08. The molecule has 0 aliphatic rings. The van der Waals surface area contributed by atoms with Crippen molar-refractivity contribution in [2.24, 2.45) is 0 Å². The van der Waals surface area contributed by atoms with Gasteiger partial charge in [0.05, 0.1) is 11.6 Å². The van der Waals surface area contributed by atoms with Crippen LogP contribution in [0.1, 0.15) is 22.3 Å². The van der Waals surface area contributed by atoms with Crippen LogP contribution >= 0.6 is 0 Å². The van der Waals surface area contributed by atoms with Crippen LogP contribution in [0.15, 0.2) is 18.7 Å². The van der Waals surface area contributed by atoms with E-state index in [9.17, 15) is 0 Å². The van der Waals surface area contributed by atoms with Gasteiger partial charge < -0.3 is 0 Å². The molecule has 0 saturated carbocycles. The normalized spacial score (nSPS) is 9.08. The van der Waals surface area contributed by atoms with Gasteiger partial charge in [-0.25, -0.2) is 0 Å². The summed E-state index contributed by atoms with van der Waals surface area (Å²) in [6, 6.07) is 5.88. The molecule has 0 saturated heterocycles. The van der Waals surface area contributed by atoms with Crippen molar-refractivity contribution in [2.45, 2.75) is 13.8 Å². The predicted octanol–water partition coefficient (Wildman–Crippen LogP) is 2.82. The predicted molar refractivity (Wildman–Crippen MR) is 50.7 cm³/mol. The Balaban J connectivity index is 3.39. The maximum absolute atomic E-state index is 8.67. The van der Waals surface area contributed by atoms with Gasteiger partial charge >= 0.3 is 0 Å². The molecule has 0 bridgehead atoms. The first-order valence-electron chi connectivity index (χ1n) is 3.83. The third kappa shape index (κ3) is 1.38. The van der Waals surface area contributed by atoms with Crippen molar-refractivity contribution < 1.29 is 0 Å². The monoisotopic (exact) mass is 157 g/mol. The highest BCUT2D eigenvalue weighted by atomic mass is 14.2. The van der Waals surface area contributed by atoms with Crippen LogP contribution in [0.3, 0.4) is 0 Å². The molecule has 0 aromatic heterocycles. The third-order valence-corrected chi connectivity index (χ3v) is 1.93. The van der Waals surface area contributed by atoms with Crippen LogP contribution in [0, 0.1) is 25.2 Å². The van der Waals surface area contributed by atoms with E-state index in [-0.39, 0.29) is 0 Å². The molecular formula is C11H11N. The lowest BCUT2D eigenvalue weighted by Gasteiger charge is -2.04. The van der Waals surface area contributed by atoms with Gasteiger partial charge in [-0.15, -0.1) is 0 Å². The van der Waals surface area contributed by atoms with Crippen molar-refractivity contribution in [1.82, 2.24) is 0 Å². The van der Waals surface area contributed by atoms with Gasteiger partial charge in [-0.1, -0.05) is 12.7 Å². The minimum absolute atomic E-state index is 0.718. The highest BCUT2D eigenvalue weighted by molar-refractivity contribution is 5.58. The van der Waals surface area contributed by atoms with Gasteiger partial charge in [0.25, 0.3) is 0 Å². The van der Waals surface area contributed by atoms with Gasteiger partial charge in [0.2, 0.25) is 0 Å². The summed E-state index contributed by atoms with van der Waals surface area (Å²) in [6.07, 6.45) is 1.83. The fourth-order valence-electron chi connectivity index (χ4n) is 1.36. The largest absolute Gasteiger partial charge is 0.192 e. The van der Waals surface area contributed by atoms with Gasteiger partial charge in [0.15, 0.2) is 0 Å². The lowest BCUT2D eigenvalue weighted by Crippen LogP contribution is -1.88. The average molecular weight is 157 g/mol. The first-order valence-corrected chi connectivity index (χ1v) is 3.83. The molecule has 0 unspecified atom stereocenters. The fourth-order valence-corrected chi connectivity index (χ4v) is 1.36. The molecule has 1 heteroatoms. The van der Waals surface area contributed by atoms with E-state index in [1.165, 1.54) is 0 Å². The maximum Gasteiger partial charge on any atom is 0.0991 e. The molecule has 0 heterocycles. The SMILES string of the molecule is C=Cc1c(C)cc(C#N)cc1C. The van der Waals surface area contributed by atoms with Gasteiger partial charge in [-0.3, -0.25) is 0 Å². The second kappa shape index (κ2) is 3.23. The Morgan fingerprint density at radius 2 is 1.83 bits per heavy atom. The van der Waals surface area contributed by atoms with Crippen molar-refractivity contribution >= 4 is 6.08 Å². The van der Waals surface area contributed by atoms with Gasteiger partial charge in [-0.05, 0) is 42.7 Å². The van der Waals surface area contributed by atoms with E-state index in [1.54, 1.807) is 0 Å². The van der Waals surface area contributed by atoms with Crippen LogP contribution in [0.25, 0.3) is 6.08 Å². The van der Waals surface area contributed by atoms with Crippen molar-refractivity contribution in [3.05, 3.63) is 41.0 Å². The highest BCUT2D eigenvalue weighted by Gasteiger charge is 2.00. The molecule has 0 amide bonds. The number of hydrogen-bond acceptors (Lipinski definition) is 1. The van der Waals surface area contributed by atoms with Crippen molar-refractivity contribution in [1.29, 1.82) is 5.26 Å². The van der Waals surface area contributed by atoms with Crippen LogP contribution in [-0.4, -0.2) is 0 Å². The molecule has 0 N–H and O–H groups in total. The molecule has 0 fully saturated rings. The summed E-state index contributed by atoms with van der Waals surface area (Å²) in [6.45, 7) is 7.71. The standard InChI is InChI=1S/C11H11N/c1-4-11-8(2)5-10(7-12)6-9(11)3/h4-6H,1H2,2-3H3. The summed E-state index contributed by atoms with van der Waals surface area (Å²) < 4.78 is 0. The van der Waals surface area contributed by atoms with Crippen molar-refractivity contribution in [3.63, 3.8) is 0 Å². The first-order chi connectivity index (χ1) is 5.69. The Kier molecular flexibility index (Phi) is 2.30. The van der Waals surface area contributed by atoms with Crippen LogP contribution in [0.5, 0.6) is 0 Å². The van der Waals surface area contributed by atoms with Crippen LogP contribution < -0.4 is 0 Å². The summed E-state index contributed by atoms with van der Waals surface area (Å²) in [5, 5.41) is 8.67. The van der Waals surface area contributed by atoms with Crippen molar-refractivity contribution in [3.8, 4) is 6.07 Å². The zero-order chi connectivity index (χ0) is 9.14. The first kappa shape index (κ1) is 8.55. The van der Waals surface area contributed by atoms with Crippen LogP contribution in [-0.2, 0) is 0 Å². The number of benzene rings is 1. The van der Waals surface area contributed by atoms with Crippen LogP contribution in [0.2, 0.25) is 0 Å². The molecule has 0 spiro atoms. The Hall–Kier alpha value is -1.55. The number of hydrogen-bond donors (Lipinski definition) is 0. The summed E-state index contributed by atoms with van der Waals surface area (Å²) >= 11 is 0. The minimum Gasteiger partial charge on any atom is -0.192 e. The molecule has 1 aromatic rings. The Morgan fingerprint density at radius 1 is 1.33 bits per heavy atom. The van der Waals surface area contributed by atoms with Crippen molar-refractivity contribution in [2.75, 3.05) is 0 Å². The van der Waals surface area contributed by atoms with E-state index >= 15 is 0 Å². The number of nitrogens with zero attached hydrogens (tertiary/aromatic N) is 1. The van der Waals surface area contributed by atoms with E-state index in [0.29, 0.717) is 0 Å². The summed E-state index contributed by atoms with van der Waals surface area (Å²) in [7, 11) is 0. The molecule has 0 aliphatic carbocycles. The molecule has 1 nitrogen and oxygen atoms in total. The highest BCUT2D eigenvalue weighted by Crippen LogP contribution is 2.16. The average Bonchev–Trinajstić information content (AvgIpc) is 2.03. The summed E-state index contributed by atoms with van der Waals surface area (Å²) in [5.74, 6) is 0. The van der Waals surface area contributed by atoms with E-state index in [4.69, 9.17) is 5.26 Å². The maximum atomic E-state index is 8.67. The van der Waals surface area contributed by atoms with E-state index in [2.05, 4.69) is 12.6 Å². The Morgan fingerprint density at radius 3 is 2.17 bits per heavy atom. The molecule has 60 valence electrons. The second-order valence-corrected chi connectivity index (χ2v) is 2.84. The topological polar surface area (TPSA) is 23.8 Å². The van der Waals surface area contributed by atoms with E-state index in [1.807, 2.05) is 32.1 Å². The molecule has 1 rings (SSSR count). The van der Waals surface area contributed by atoms with Gasteiger partial charge in [0, 0.05) is 0 Å². The number of nitriles is 1. The quantitative estimate of drug-likeness (QED) is 0.615. The van der Waals surface area contributed by atoms with E-state index in [0.717, 1.165) is 22.3 Å². The number of rotatable bonds is 1. The molecule has 0 radical (unpaired) electrons. The lowest BCUT2D eigenvalue weighted by atomic mass is 10.00.